The average molecular weight is 357 g/mol. The molecule has 1 aliphatic heterocycles. The zero-order valence-electron chi connectivity index (χ0n) is 13.9. The first-order chi connectivity index (χ1) is 12.6. The van der Waals surface area contributed by atoms with Crippen LogP contribution >= 0.6 is 0 Å². The molecule has 3 aromatic rings. The molecule has 134 valence electrons. The Morgan fingerprint density at radius 1 is 1.38 bits per heavy atom. The first-order valence-corrected chi connectivity index (χ1v) is 7.93. The van der Waals surface area contributed by atoms with Crippen molar-refractivity contribution in [1.29, 1.82) is 0 Å². The van der Waals surface area contributed by atoms with Gasteiger partial charge >= 0.3 is 6.09 Å². The molecule has 11 nitrogen and oxygen atoms in total. The second kappa shape index (κ2) is 6.43. The van der Waals surface area contributed by atoms with Gasteiger partial charge in [0.2, 0.25) is 5.91 Å². The number of fused-ring (bicyclic) bond motifs is 1. The molecule has 26 heavy (non-hydrogen) atoms. The molecular weight excluding hydrogens is 342 g/mol. The highest BCUT2D eigenvalue weighted by Gasteiger charge is 2.24. The zero-order chi connectivity index (χ0) is 18.1. The van der Waals surface area contributed by atoms with Gasteiger partial charge in [0.15, 0.2) is 17.3 Å². The summed E-state index contributed by atoms with van der Waals surface area (Å²) in [7, 11) is 0. The van der Waals surface area contributed by atoms with E-state index in [-0.39, 0.29) is 19.0 Å². The van der Waals surface area contributed by atoms with Gasteiger partial charge in [-0.1, -0.05) is 5.16 Å². The minimum absolute atomic E-state index is 0.0454. The number of rotatable bonds is 5. The van der Waals surface area contributed by atoms with Gasteiger partial charge in [0.05, 0.1) is 13.1 Å². The summed E-state index contributed by atoms with van der Waals surface area (Å²) >= 11 is 0. The summed E-state index contributed by atoms with van der Waals surface area (Å²) in [6.07, 6.45) is 1.29. The van der Waals surface area contributed by atoms with E-state index >= 15 is 0 Å². The van der Waals surface area contributed by atoms with Gasteiger partial charge in [-0.25, -0.2) is 4.79 Å². The van der Waals surface area contributed by atoms with E-state index in [4.69, 9.17) is 9.26 Å². The SMILES string of the molecule is Cc1noc(-c2ccn3c(CNC(=O)CN4CCOC4=O)nnc3c2)n1. The van der Waals surface area contributed by atoms with Crippen LogP contribution in [0, 0.1) is 6.92 Å². The van der Waals surface area contributed by atoms with E-state index in [1.165, 1.54) is 4.90 Å². The van der Waals surface area contributed by atoms with Crippen LogP contribution in [-0.4, -0.2) is 61.3 Å². The number of carbonyl (C=O) groups excluding carboxylic acids is 2. The Kier molecular flexibility index (Phi) is 3.95. The van der Waals surface area contributed by atoms with Crippen molar-refractivity contribution in [3.05, 3.63) is 30.0 Å². The van der Waals surface area contributed by atoms with Crippen LogP contribution in [0.15, 0.2) is 22.9 Å². The van der Waals surface area contributed by atoms with E-state index in [0.29, 0.717) is 36.3 Å². The van der Waals surface area contributed by atoms with Gasteiger partial charge in [0.1, 0.15) is 13.2 Å². The van der Waals surface area contributed by atoms with Crippen molar-refractivity contribution < 1.29 is 18.8 Å². The molecule has 4 rings (SSSR count). The molecule has 0 atom stereocenters. The molecule has 0 bridgehead atoms. The predicted molar refractivity (Wildman–Crippen MR) is 85.8 cm³/mol. The molecule has 2 amide bonds. The molecule has 3 aromatic heterocycles. The second-order valence-corrected chi connectivity index (χ2v) is 5.72. The topological polar surface area (TPSA) is 128 Å². The zero-order valence-corrected chi connectivity index (χ0v) is 13.9. The van der Waals surface area contributed by atoms with E-state index < -0.39 is 6.09 Å². The molecule has 0 unspecified atom stereocenters. The van der Waals surface area contributed by atoms with Gasteiger partial charge in [0, 0.05) is 11.8 Å². The van der Waals surface area contributed by atoms with Gasteiger partial charge in [-0.05, 0) is 19.1 Å². The van der Waals surface area contributed by atoms with E-state index in [1.807, 2.05) is 0 Å². The van der Waals surface area contributed by atoms with Crippen LogP contribution in [0.2, 0.25) is 0 Å². The summed E-state index contributed by atoms with van der Waals surface area (Å²) < 4.78 is 11.7. The van der Waals surface area contributed by atoms with Gasteiger partial charge in [0.25, 0.3) is 5.89 Å². The number of amides is 2. The van der Waals surface area contributed by atoms with Crippen LogP contribution in [-0.2, 0) is 16.1 Å². The lowest BCUT2D eigenvalue weighted by molar-refractivity contribution is -0.121. The lowest BCUT2D eigenvalue weighted by atomic mass is 10.2. The molecule has 0 saturated carbocycles. The quantitative estimate of drug-likeness (QED) is 0.684. The number of carbonyl (C=O) groups is 2. The first kappa shape index (κ1) is 16.0. The molecule has 1 aliphatic rings. The number of nitrogens with zero attached hydrogens (tertiary/aromatic N) is 6. The highest BCUT2D eigenvalue weighted by Crippen LogP contribution is 2.18. The van der Waals surface area contributed by atoms with Crippen LogP contribution in [0.5, 0.6) is 0 Å². The maximum absolute atomic E-state index is 12.0. The maximum Gasteiger partial charge on any atom is 0.410 e. The Balaban J connectivity index is 1.44. The average Bonchev–Trinajstić information content (AvgIpc) is 3.34. The fraction of sp³-hybridized carbons (Fsp3) is 0.333. The highest BCUT2D eigenvalue weighted by molar-refractivity contribution is 5.82. The number of ether oxygens (including phenoxy) is 1. The number of cyclic esters (lactones) is 1. The Hall–Kier alpha value is -3.50. The second-order valence-electron chi connectivity index (χ2n) is 5.72. The van der Waals surface area contributed by atoms with Crippen LogP contribution < -0.4 is 5.32 Å². The van der Waals surface area contributed by atoms with E-state index in [9.17, 15) is 9.59 Å². The Bertz CT molecular complexity index is 979. The van der Waals surface area contributed by atoms with Crippen molar-refractivity contribution in [2.24, 2.45) is 0 Å². The van der Waals surface area contributed by atoms with E-state index in [0.717, 1.165) is 5.56 Å². The maximum atomic E-state index is 12.0. The summed E-state index contributed by atoms with van der Waals surface area (Å²) in [6.45, 7) is 2.60. The van der Waals surface area contributed by atoms with Crippen molar-refractivity contribution in [3.63, 3.8) is 0 Å². The Labute approximate surface area is 146 Å². The molecule has 1 N–H and O–H groups in total. The van der Waals surface area contributed by atoms with E-state index in [1.54, 1.807) is 29.7 Å². The van der Waals surface area contributed by atoms with Crippen molar-refractivity contribution in [1.82, 2.24) is 35.0 Å². The van der Waals surface area contributed by atoms with Crippen LogP contribution in [0.4, 0.5) is 4.79 Å². The lowest BCUT2D eigenvalue weighted by Gasteiger charge is -2.11. The van der Waals surface area contributed by atoms with Crippen molar-refractivity contribution >= 4 is 17.6 Å². The monoisotopic (exact) mass is 357 g/mol. The van der Waals surface area contributed by atoms with Gasteiger partial charge in [-0.2, -0.15) is 4.98 Å². The number of aryl methyl sites for hydroxylation is 1. The third kappa shape index (κ3) is 3.06. The molecule has 0 aliphatic carbocycles. The molecular formula is C15H15N7O4. The highest BCUT2D eigenvalue weighted by atomic mass is 16.6. The van der Waals surface area contributed by atoms with Crippen LogP contribution in [0.25, 0.3) is 17.1 Å². The Morgan fingerprint density at radius 2 is 2.27 bits per heavy atom. The van der Waals surface area contributed by atoms with Crippen molar-refractivity contribution in [2.75, 3.05) is 19.7 Å². The third-order valence-electron chi connectivity index (χ3n) is 3.88. The summed E-state index contributed by atoms with van der Waals surface area (Å²) in [5.41, 5.74) is 1.32. The molecule has 1 saturated heterocycles. The first-order valence-electron chi connectivity index (χ1n) is 7.93. The predicted octanol–water partition coefficient (Wildman–Crippen LogP) is 0.156. The normalized spacial score (nSPS) is 14.0. The van der Waals surface area contributed by atoms with Crippen molar-refractivity contribution in [3.8, 4) is 11.5 Å². The fourth-order valence-corrected chi connectivity index (χ4v) is 2.58. The minimum atomic E-state index is -0.475. The van der Waals surface area contributed by atoms with Gasteiger partial charge < -0.3 is 14.6 Å². The summed E-state index contributed by atoms with van der Waals surface area (Å²) in [5.74, 6) is 1.22. The summed E-state index contributed by atoms with van der Waals surface area (Å²) in [4.78, 5) is 28.8. The molecule has 4 heterocycles. The summed E-state index contributed by atoms with van der Waals surface area (Å²) in [5, 5.41) is 14.7. The molecule has 0 spiro atoms. The number of hydrogen-bond acceptors (Lipinski definition) is 8. The number of pyridine rings is 1. The van der Waals surface area contributed by atoms with Crippen molar-refractivity contribution in [2.45, 2.75) is 13.5 Å². The molecule has 11 heteroatoms. The number of nitrogens with one attached hydrogen (secondary N) is 1. The van der Waals surface area contributed by atoms with Gasteiger partial charge in [-0.3, -0.25) is 14.1 Å². The third-order valence-corrected chi connectivity index (χ3v) is 3.88. The smallest absolute Gasteiger partial charge is 0.410 e. The number of aromatic nitrogens is 5. The molecule has 1 fully saturated rings. The van der Waals surface area contributed by atoms with Crippen LogP contribution in [0.3, 0.4) is 0 Å². The summed E-state index contributed by atoms with van der Waals surface area (Å²) in [6, 6.07) is 3.57. The largest absolute Gasteiger partial charge is 0.448 e. The minimum Gasteiger partial charge on any atom is -0.448 e. The molecule has 0 aromatic carbocycles. The fourth-order valence-electron chi connectivity index (χ4n) is 2.58. The van der Waals surface area contributed by atoms with Crippen LogP contribution in [0.1, 0.15) is 11.6 Å². The van der Waals surface area contributed by atoms with E-state index in [2.05, 4.69) is 25.7 Å². The lowest BCUT2D eigenvalue weighted by Crippen LogP contribution is -2.37. The Morgan fingerprint density at radius 3 is 3.00 bits per heavy atom. The van der Waals surface area contributed by atoms with Gasteiger partial charge in [-0.15, -0.1) is 10.2 Å². The number of hydrogen-bond donors (Lipinski definition) is 1. The standard InChI is InChI=1S/C15H15N7O4/c1-9-17-14(26-20-9)10-2-3-22-11(6-10)18-19-12(22)7-16-13(23)8-21-4-5-25-15(21)24/h2-3,6H,4-5,7-8H2,1H3,(H,16,23). The molecule has 0 radical (unpaired) electrons.